The van der Waals surface area contributed by atoms with Crippen LogP contribution in [0.15, 0.2) is 127 Å². The lowest BCUT2D eigenvalue weighted by molar-refractivity contribution is -0.130. The summed E-state index contributed by atoms with van der Waals surface area (Å²) in [6, 6.07) is 39.1. The molecule has 5 aromatic carbocycles. The van der Waals surface area contributed by atoms with Crippen molar-refractivity contribution in [3.63, 3.8) is 0 Å². The molecule has 9 rings (SSSR count). The van der Waals surface area contributed by atoms with Crippen LogP contribution in [0.1, 0.15) is 22.3 Å². The summed E-state index contributed by atoms with van der Waals surface area (Å²) in [6.07, 6.45) is 0. The van der Waals surface area contributed by atoms with Crippen molar-refractivity contribution in [1.29, 1.82) is 0 Å². The Kier molecular flexibility index (Phi) is 6.55. The molecule has 8 heteroatoms. The minimum Gasteiger partial charge on any atom is -0.497 e. The summed E-state index contributed by atoms with van der Waals surface area (Å²) in [5.74, 6) is -0.867. The molecule has 2 aliphatic heterocycles. The molecule has 246 valence electrons. The molecule has 0 N–H and O–H groups in total. The number of allylic oxidation sites excluding steroid dienone is 2. The van der Waals surface area contributed by atoms with Gasteiger partial charge in [-0.05, 0) is 69.8 Å². The van der Waals surface area contributed by atoms with Gasteiger partial charge in [0.25, 0.3) is 0 Å². The molecule has 0 aromatic heterocycles. The van der Waals surface area contributed by atoms with Crippen LogP contribution in [-0.2, 0) is 25.2 Å². The van der Waals surface area contributed by atoms with Gasteiger partial charge < -0.3 is 18.9 Å². The number of anilines is 1. The van der Waals surface area contributed by atoms with Crippen LogP contribution >= 0.6 is 0 Å². The van der Waals surface area contributed by atoms with Crippen molar-refractivity contribution in [2.24, 2.45) is 11.8 Å². The highest BCUT2D eigenvalue weighted by atomic mass is 16.7. The second-order valence-electron chi connectivity index (χ2n) is 12.9. The van der Waals surface area contributed by atoms with Gasteiger partial charge in [0.15, 0.2) is 17.3 Å². The molecule has 2 heterocycles. The molecular weight excluding hydrogens is 630 g/mol. The maximum atomic E-state index is 16.1. The van der Waals surface area contributed by atoms with Gasteiger partial charge in [0, 0.05) is 6.07 Å². The Morgan fingerprint density at radius 3 is 1.50 bits per heavy atom. The largest absolute Gasteiger partial charge is 0.497 e. The predicted molar refractivity (Wildman–Crippen MR) is 186 cm³/mol. The molecular formula is C42H31NO7. The van der Waals surface area contributed by atoms with E-state index in [0.29, 0.717) is 51.0 Å². The fourth-order valence-electron chi connectivity index (χ4n) is 8.92. The number of fused-ring (bicyclic) bond motifs is 6. The van der Waals surface area contributed by atoms with Crippen LogP contribution in [0, 0.1) is 11.8 Å². The summed E-state index contributed by atoms with van der Waals surface area (Å²) >= 11 is 0. The van der Waals surface area contributed by atoms with Gasteiger partial charge in [-0.2, -0.15) is 0 Å². The molecule has 2 aliphatic carbocycles. The van der Waals surface area contributed by atoms with E-state index in [0.717, 1.165) is 11.1 Å². The molecule has 1 saturated carbocycles. The van der Waals surface area contributed by atoms with Gasteiger partial charge in [-0.25, -0.2) is 4.90 Å². The van der Waals surface area contributed by atoms with Gasteiger partial charge in [-0.1, -0.05) is 84.9 Å². The molecule has 4 atom stereocenters. The number of hydrogen-bond donors (Lipinski definition) is 0. The first-order chi connectivity index (χ1) is 24.5. The lowest BCUT2D eigenvalue weighted by Gasteiger charge is -2.39. The number of nitrogens with zero attached hydrogens (tertiary/aromatic N) is 1. The molecule has 8 nitrogen and oxygen atoms in total. The van der Waals surface area contributed by atoms with Crippen molar-refractivity contribution >= 4 is 34.4 Å². The van der Waals surface area contributed by atoms with Crippen molar-refractivity contribution in [1.82, 2.24) is 0 Å². The molecule has 1 saturated heterocycles. The number of methoxy groups -OCH3 is 2. The highest BCUT2D eigenvalue weighted by Gasteiger charge is 2.82. The predicted octanol–water partition coefficient (Wildman–Crippen LogP) is 6.62. The van der Waals surface area contributed by atoms with Crippen molar-refractivity contribution < 1.29 is 33.3 Å². The van der Waals surface area contributed by atoms with Crippen molar-refractivity contribution in [3.8, 4) is 23.0 Å². The van der Waals surface area contributed by atoms with Gasteiger partial charge in [-0.3, -0.25) is 14.4 Å². The summed E-state index contributed by atoms with van der Waals surface area (Å²) in [4.78, 5) is 47.8. The fourth-order valence-corrected chi connectivity index (χ4v) is 8.92. The van der Waals surface area contributed by atoms with E-state index >= 15 is 14.4 Å². The monoisotopic (exact) mass is 661 g/mol. The Hall–Kier alpha value is -6.15. The molecule has 2 amide bonds. The molecule has 50 heavy (non-hydrogen) atoms. The number of imide groups is 1. The molecule has 4 aliphatic rings. The third kappa shape index (κ3) is 3.73. The van der Waals surface area contributed by atoms with Crippen molar-refractivity contribution in [2.75, 3.05) is 25.9 Å². The third-order valence-corrected chi connectivity index (χ3v) is 10.8. The van der Waals surface area contributed by atoms with Crippen molar-refractivity contribution in [2.45, 2.75) is 10.8 Å². The Morgan fingerprint density at radius 1 is 0.580 bits per heavy atom. The molecule has 5 aromatic rings. The Bertz CT molecular complexity index is 2100. The number of carbonyl (C=O) groups excluding carboxylic acids is 3. The van der Waals surface area contributed by atoms with Crippen LogP contribution in [0.2, 0.25) is 0 Å². The maximum Gasteiger partial charge on any atom is 0.239 e. The third-order valence-electron chi connectivity index (χ3n) is 10.8. The first kappa shape index (κ1) is 29.9. The quantitative estimate of drug-likeness (QED) is 0.181. The van der Waals surface area contributed by atoms with Crippen LogP contribution in [0.25, 0.3) is 11.1 Å². The summed E-state index contributed by atoms with van der Waals surface area (Å²) in [6.45, 7) is 0.0506. The zero-order valence-electron chi connectivity index (χ0n) is 27.3. The number of ether oxygens (including phenoxy) is 4. The normalized spacial score (nSPS) is 24.6. The summed E-state index contributed by atoms with van der Waals surface area (Å²) in [7, 11) is 3.21. The molecule has 2 bridgehead atoms. The first-order valence-corrected chi connectivity index (χ1v) is 16.4. The van der Waals surface area contributed by atoms with Gasteiger partial charge in [0.05, 0.1) is 42.6 Å². The number of amides is 2. The standard InChI is InChI=1S/C42H31NO7/c1-47-30-18-13-25(14-19-30)34-35(26-15-20-31(48-2)21-16-26)42(28-11-7-4-8-12-28)37-36(41(34,40(42)46)27-9-5-3-6-10-27)38(44)43(39(37)45)29-17-22-32-33(23-29)50-24-49-32/h3-23,36-37H,24H2,1-2H3/t36-,37+,41-,42+. The average Bonchev–Trinajstić information content (AvgIpc) is 3.87. The van der Waals surface area contributed by atoms with E-state index in [-0.39, 0.29) is 12.6 Å². The van der Waals surface area contributed by atoms with E-state index < -0.39 is 34.5 Å². The lowest BCUT2D eigenvalue weighted by Crippen LogP contribution is -2.45. The van der Waals surface area contributed by atoms with Crippen LogP contribution in [-0.4, -0.2) is 38.6 Å². The summed E-state index contributed by atoms with van der Waals surface area (Å²) < 4.78 is 22.2. The number of hydrogen-bond acceptors (Lipinski definition) is 7. The second kappa shape index (κ2) is 10.9. The zero-order chi connectivity index (χ0) is 34.2. The topological polar surface area (TPSA) is 91.4 Å². The van der Waals surface area contributed by atoms with Gasteiger partial charge in [0.1, 0.15) is 11.5 Å². The smallest absolute Gasteiger partial charge is 0.239 e. The molecule has 0 radical (unpaired) electrons. The van der Waals surface area contributed by atoms with Crippen LogP contribution in [0.5, 0.6) is 23.0 Å². The molecule has 0 spiro atoms. The van der Waals surface area contributed by atoms with Crippen LogP contribution < -0.4 is 23.8 Å². The Labute approximate surface area is 288 Å². The second-order valence-corrected chi connectivity index (χ2v) is 12.9. The van der Waals surface area contributed by atoms with Crippen LogP contribution in [0.3, 0.4) is 0 Å². The number of Topliss-reactive ketones (excluding diaryl/α,β-unsaturated/α-hetero) is 1. The lowest BCUT2D eigenvalue weighted by atomic mass is 9.59. The van der Waals surface area contributed by atoms with Crippen LogP contribution in [0.4, 0.5) is 5.69 Å². The first-order valence-electron chi connectivity index (χ1n) is 16.4. The Morgan fingerprint density at radius 2 is 1.04 bits per heavy atom. The van der Waals surface area contributed by atoms with Gasteiger partial charge >= 0.3 is 0 Å². The SMILES string of the molecule is COc1ccc(C2=C(c3ccc(OC)cc3)[C@@]3(c4ccccc4)C(=O)[C@]2(c2ccccc2)[C@@H]2C(=O)N(c4ccc5c(c4)OCO5)C(=O)[C@@H]23)cc1. The van der Waals surface area contributed by atoms with Gasteiger partial charge in [-0.15, -0.1) is 0 Å². The zero-order valence-corrected chi connectivity index (χ0v) is 27.3. The number of benzene rings is 5. The van der Waals surface area contributed by atoms with E-state index in [2.05, 4.69) is 0 Å². The average molecular weight is 662 g/mol. The minimum absolute atomic E-state index is 0.0506. The highest BCUT2D eigenvalue weighted by Crippen LogP contribution is 2.74. The van der Waals surface area contributed by atoms with E-state index in [9.17, 15) is 0 Å². The number of rotatable bonds is 7. The van der Waals surface area contributed by atoms with Gasteiger partial charge in [0.2, 0.25) is 18.6 Å². The Balaban J connectivity index is 1.41. The molecule has 0 unspecified atom stereocenters. The molecule has 2 fully saturated rings. The minimum atomic E-state index is -1.52. The number of carbonyl (C=O) groups is 3. The number of ketones is 1. The maximum absolute atomic E-state index is 16.1. The summed E-state index contributed by atoms with van der Waals surface area (Å²) in [5.41, 5.74) is 1.53. The summed E-state index contributed by atoms with van der Waals surface area (Å²) in [5, 5.41) is 0. The van der Waals surface area contributed by atoms with E-state index in [4.69, 9.17) is 18.9 Å². The highest BCUT2D eigenvalue weighted by molar-refractivity contribution is 6.39. The fraction of sp³-hybridized carbons (Fsp3) is 0.167. The van der Waals surface area contributed by atoms with Crippen molar-refractivity contribution in [3.05, 3.63) is 150 Å². The van der Waals surface area contributed by atoms with E-state index in [1.807, 2.05) is 109 Å². The van der Waals surface area contributed by atoms with E-state index in [1.165, 1.54) is 4.90 Å². The van der Waals surface area contributed by atoms with E-state index in [1.54, 1.807) is 32.4 Å².